The number of hydrogen-bond donors (Lipinski definition) is 1. The van der Waals surface area contributed by atoms with Crippen LogP contribution in [-0.4, -0.2) is 19.8 Å². The maximum absolute atomic E-state index is 5.42. The van der Waals surface area contributed by atoms with Crippen LogP contribution in [0.15, 0.2) is 16.7 Å². The average Bonchev–Trinajstić information content (AvgIpc) is 2.73. The number of hydrogen-bond acceptors (Lipinski definition) is 3. The van der Waals surface area contributed by atoms with Crippen LogP contribution in [0.25, 0.3) is 0 Å². The maximum Gasteiger partial charge on any atom is 0.105 e. The standard InChI is InChI=1S/C13H21NO2/c1-3-14-13(11-4-7-15-8-5-11)12-6-9-16-10(12)2/h6,9,11,13-14H,3-5,7-8H2,1-2H3. The predicted molar refractivity (Wildman–Crippen MR) is 63.4 cm³/mol. The first-order valence-corrected chi connectivity index (χ1v) is 6.18. The fourth-order valence-electron chi connectivity index (χ4n) is 2.52. The van der Waals surface area contributed by atoms with Crippen molar-refractivity contribution in [2.45, 2.75) is 32.7 Å². The highest BCUT2D eigenvalue weighted by Gasteiger charge is 2.26. The third-order valence-electron chi connectivity index (χ3n) is 3.40. The Balaban J connectivity index is 2.12. The minimum Gasteiger partial charge on any atom is -0.469 e. The first-order chi connectivity index (χ1) is 7.83. The summed E-state index contributed by atoms with van der Waals surface area (Å²) in [5.41, 5.74) is 1.31. The zero-order valence-corrected chi connectivity index (χ0v) is 10.2. The number of nitrogens with one attached hydrogen (secondary N) is 1. The van der Waals surface area contributed by atoms with Gasteiger partial charge in [-0.05, 0) is 38.3 Å². The predicted octanol–water partition coefficient (Wildman–Crippen LogP) is 2.67. The van der Waals surface area contributed by atoms with E-state index in [1.165, 1.54) is 5.56 Å². The molecule has 0 spiro atoms. The van der Waals surface area contributed by atoms with Gasteiger partial charge in [0.1, 0.15) is 5.76 Å². The quantitative estimate of drug-likeness (QED) is 0.852. The lowest BCUT2D eigenvalue weighted by atomic mass is 9.87. The van der Waals surface area contributed by atoms with Crippen molar-refractivity contribution < 1.29 is 9.15 Å². The lowest BCUT2D eigenvalue weighted by Crippen LogP contribution is -2.32. The molecule has 0 saturated carbocycles. The van der Waals surface area contributed by atoms with Gasteiger partial charge in [-0.15, -0.1) is 0 Å². The largest absolute Gasteiger partial charge is 0.469 e. The molecule has 0 aliphatic carbocycles. The Hall–Kier alpha value is -0.800. The van der Waals surface area contributed by atoms with Crippen molar-refractivity contribution in [3.63, 3.8) is 0 Å². The molecule has 1 N–H and O–H groups in total. The molecule has 1 saturated heterocycles. The Labute approximate surface area is 97.2 Å². The molecule has 1 unspecified atom stereocenters. The molecule has 1 aliphatic rings. The van der Waals surface area contributed by atoms with Crippen molar-refractivity contribution in [1.29, 1.82) is 0 Å². The molecule has 1 atom stereocenters. The summed E-state index contributed by atoms with van der Waals surface area (Å²) in [7, 11) is 0. The molecule has 0 amide bonds. The summed E-state index contributed by atoms with van der Waals surface area (Å²) in [5.74, 6) is 1.71. The van der Waals surface area contributed by atoms with E-state index in [9.17, 15) is 0 Å². The zero-order chi connectivity index (χ0) is 11.4. The van der Waals surface area contributed by atoms with Gasteiger partial charge in [-0.1, -0.05) is 6.92 Å². The number of furan rings is 1. The Bertz CT molecular complexity index is 315. The Kier molecular flexibility index (Phi) is 4.02. The summed E-state index contributed by atoms with van der Waals surface area (Å²) < 4.78 is 10.8. The fraction of sp³-hybridized carbons (Fsp3) is 0.692. The lowest BCUT2D eigenvalue weighted by Gasteiger charge is -2.30. The molecular formula is C13H21NO2. The molecule has 0 aromatic carbocycles. The maximum atomic E-state index is 5.42. The van der Waals surface area contributed by atoms with Crippen LogP contribution in [-0.2, 0) is 4.74 Å². The van der Waals surface area contributed by atoms with Crippen molar-refractivity contribution >= 4 is 0 Å². The van der Waals surface area contributed by atoms with Crippen molar-refractivity contribution in [1.82, 2.24) is 5.32 Å². The summed E-state index contributed by atoms with van der Waals surface area (Å²) in [4.78, 5) is 0. The van der Waals surface area contributed by atoms with Crippen LogP contribution < -0.4 is 5.32 Å². The third-order valence-corrected chi connectivity index (χ3v) is 3.40. The van der Waals surface area contributed by atoms with Gasteiger partial charge in [0.25, 0.3) is 0 Å². The van der Waals surface area contributed by atoms with Crippen molar-refractivity contribution in [2.24, 2.45) is 5.92 Å². The summed E-state index contributed by atoms with van der Waals surface area (Å²) in [6.07, 6.45) is 4.07. The molecule has 16 heavy (non-hydrogen) atoms. The van der Waals surface area contributed by atoms with E-state index in [4.69, 9.17) is 9.15 Å². The highest BCUT2D eigenvalue weighted by atomic mass is 16.5. The molecule has 0 bridgehead atoms. The number of rotatable bonds is 4. The van der Waals surface area contributed by atoms with Crippen LogP contribution in [0.4, 0.5) is 0 Å². The molecule has 1 aromatic heterocycles. The van der Waals surface area contributed by atoms with E-state index in [1.54, 1.807) is 6.26 Å². The normalized spacial score (nSPS) is 19.9. The van der Waals surface area contributed by atoms with E-state index in [2.05, 4.69) is 18.3 Å². The smallest absolute Gasteiger partial charge is 0.105 e. The van der Waals surface area contributed by atoms with Gasteiger partial charge in [0.05, 0.1) is 6.26 Å². The van der Waals surface area contributed by atoms with Gasteiger partial charge < -0.3 is 14.5 Å². The molecule has 2 rings (SSSR count). The van der Waals surface area contributed by atoms with E-state index < -0.39 is 0 Å². The molecule has 3 heteroatoms. The van der Waals surface area contributed by atoms with Crippen LogP contribution in [0.5, 0.6) is 0 Å². The van der Waals surface area contributed by atoms with Gasteiger partial charge in [0.2, 0.25) is 0 Å². The van der Waals surface area contributed by atoms with Crippen LogP contribution >= 0.6 is 0 Å². The molecule has 90 valence electrons. The Morgan fingerprint density at radius 3 is 2.75 bits per heavy atom. The zero-order valence-electron chi connectivity index (χ0n) is 10.2. The summed E-state index contributed by atoms with van der Waals surface area (Å²) in [5, 5.41) is 3.58. The Morgan fingerprint density at radius 2 is 2.19 bits per heavy atom. The second kappa shape index (κ2) is 5.51. The van der Waals surface area contributed by atoms with Crippen LogP contribution in [0.3, 0.4) is 0 Å². The second-order valence-electron chi connectivity index (χ2n) is 4.42. The molecule has 0 radical (unpaired) electrons. The molecule has 3 nitrogen and oxygen atoms in total. The molecule has 1 fully saturated rings. The summed E-state index contributed by atoms with van der Waals surface area (Å²) >= 11 is 0. The fourth-order valence-corrected chi connectivity index (χ4v) is 2.52. The van der Waals surface area contributed by atoms with Crippen molar-refractivity contribution in [3.05, 3.63) is 23.7 Å². The van der Waals surface area contributed by atoms with E-state index in [0.717, 1.165) is 38.4 Å². The first kappa shape index (κ1) is 11.7. The van der Waals surface area contributed by atoms with Crippen LogP contribution in [0.1, 0.15) is 37.1 Å². The van der Waals surface area contributed by atoms with Gasteiger partial charge in [0, 0.05) is 24.8 Å². The third kappa shape index (κ3) is 2.47. The Morgan fingerprint density at radius 1 is 1.44 bits per heavy atom. The van der Waals surface area contributed by atoms with Crippen molar-refractivity contribution in [3.8, 4) is 0 Å². The molecular weight excluding hydrogens is 202 g/mol. The van der Waals surface area contributed by atoms with E-state index in [0.29, 0.717) is 12.0 Å². The van der Waals surface area contributed by atoms with E-state index in [1.807, 2.05) is 6.92 Å². The van der Waals surface area contributed by atoms with Crippen molar-refractivity contribution in [2.75, 3.05) is 19.8 Å². The highest BCUT2D eigenvalue weighted by Crippen LogP contribution is 2.32. The summed E-state index contributed by atoms with van der Waals surface area (Å²) in [6.45, 7) is 6.97. The minimum atomic E-state index is 0.424. The topological polar surface area (TPSA) is 34.4 Å². The van der Waals surface area contributed by atoms with Gasteiger partial charge in [-0.2, -0.15) is 0 Å². The van der Waals surface area contributed by atoms with Gasteiger partial charge >= 0.3 is 0 Å². The monoisotopic (exact) mass is 223 g/mol. The molecule has 2 heterocycles. The van der Waals surface area contributed by atoms with Crippen LogP contribution in [0.2, 0.25) is 0 Å². The van der Waals surface area contributed by atoms with E-state index >= 15 is 0 Å². The van der Waals surface area contributed by atoms with Gasteiger partial charge in [-0.25, -0.2) is 0 Å². The van der Waals surface area contributed by atoms with Crippen LogP contribution in [0, 0.1) is 12.8 Å². The molecule has 1 aliphatic heterocycles. The van der Waals surface area contributed by atoms with Gasteiger partial charge in [0.15, 0.2) is 0 Å². The number of aryl methyl sites for hydroxylation is 1. The average molecular weight is 223 g/mol. The van der Waals surface area contributed by atoms with Gasteiger partial charge in [-0.3, -0.25) is 0 Å². The highest BCUT2D eigenvalue weighted by molar-refractivity contribution is 5.21. The number of ether oxygens (including phenoxy) is 1. The second-order valence-corrected chi connectivity index (χ2v) is 4.42. The summed E-state index contributed by atoms with van der Waals surface area (Å²) in [6, 6.07) is 2.52. The lowest BCUT2D eigenvalue weighted by molar-refractivity contribution is 0.0536. The molecule has 1 aromatic rings. The first-order valence-electron chi connectivity index (χ1n) is 6.18. The minimum absolute atomic E-state index is 0.424. The SMILES string of the molecule is CCNC(c1ccoc1C)C1CCOCC1. The van der Waals surface area contributed by atoms with E-state index in [-0.39, 0.29) is 0 Å².